The minimum Gasteiger partial charge on any atom is -0.325 e. The third kappa shape index (κ3) is 5.08. The van der Waals surface area contributed by atoms with E-state index in [1.54, 1.807) is 30.3 Å². The number of hydrogen-bond donors (Lipinski definition) is 1. The first kappa shape index (κ1) is 17.5. The van der Waals surface area contributed by atoms with Crippen LogP contribution in [0.4, 0.5) is 5.69 Å². The van der Waals surface area contributed by atoms with Gasteiger partial charge < -0.3 is 5.32 Å². The molecule has 0 unspecified atom stereocenters. The highest BCUT2D eigenvalue weighted by molar-refractivity contribution is 6.36. The van der Waals surface area contributed by atoms with Gasteiger partial charge in [-0.3, -0.25) is 9.59 Å². The zero-order chi connectivity index (χ0) is 16.8. The number of benzene rings is 2. The van der Waals surface area contributed by atoms with Gasteiger partial charge in [-0.2, -0.15) is 0 Å². The molecule has 0 spiro atoms. The number of carbonyl (C=O) groups is 2. The Bertz CT molecular complexity index is 711. The van der Waals surface area contributed by atoms with Gasteiger partial charge >= 0.3 is 0 Å². The summed E-state index contributed by atoms with van der Waals surface area (Å²) in [4.78, 5) is 24.0. The average Bonchev–Trinajstić information content (AvgIpc) is 2.55. The van der Waals surface area contributed by atoms with Crippen molar-refractivity contribution >= 4 is 40.6 Å². The lowest BCUT2D eigenvalue weighted by Gasteiger charge is -2.07. The van der Waals surface area contributed by atoms with E-state index in [9.17, 15) is 9.59 Å². The van der Waals surface area contributed by atoms with Crippen LogP contribution >= 0.6 is 23.2 Å². The Labute approximate surface area is 145 Å². The Balaban J connectivity index is 1.89. The molecule has 23 heavy (non-hydrogen) atoms. The van der Waals surface area contributed by atoms with E-state index in [1.807, 2.05) is 12.1 Å². The maximum Gasteiger partial charge on any atom is 0.224 e. The molecule has 0 saturated heterocycles. The fourth-order valence-electron chi connectivity index (χ4n) is 2.10. The number of carbonyl (C=O) groups excluding carboxylic acids is 2. The van der Waals surface area contributed by atoms with E-state index in [0.29, 0.717) is 21.3 Å². The van der Waals surface area contributed by atoms with Crippen molar-refractivity contribution in [2.24, 2.45) is 0 Å². The molecule has 0 aromatic heterocycles. The van der Waals surface area contributed by atoms with Crippen molar-refractivity contribution in [2.75, 3.05) is 5.32 Å². The van der Waals surface area contributed by atoms with Crippen LogP contribution in [0.25, 0.3) is 0 Å². The van der Waals surface area contributed by atoms with Crippen molar-refractivity contribution in [3.05, 3.63) is 63.6 Å². The molecule has 0 saturated carbocycles. The number of amides is 1. The molecule has 0 aliphatic rings. The fraction of sp³-hybridized carbons (Fsp3) is 0.222. The predicted molar refractivity (Wildman–Crippen MR) is 94.5 cm³/mol. The second kappa shape index (κ2) is 8.14. The van der Waals surface area contributed by atoms with Gasteiger partial charge in [-0.1, -0.05) is 54.4 Å². The maximum absolute atomic E-state index is 12.1. The molecule has 3 nitrogen and oxygen atoms in total. The summed E-state index contributed by atoms with van der Waals surface area (Å²) in [6, 6.07) is 12.3. The van der Waals surface area contributed by atoms with Crippen LogP contribution in [-0.4, -0.2) is 11.7 Å². The molecule has 2 aromatic rings. The molecule has 0 radical (unpaired) electrons. The van der Waals surface area contributed by atoms with Gasteiger partial charge in [0.05, 0.1) is 10.7 Å². The second-order valence-corrected chi connectivity index (χ2v) is 5.99. The smallest absolute Gasteiger partial charge is 0.224 e. The van der Waals surface area contributed by atoms with Gasteiger partial charge in [-0.25, -0.2) is 0 Å². The largest absolute Gasteiger partial charge is 0.325 e. The highest BCUT2D eigenvalue weighted by Gasteiger charge is 2.11. The Morgan fingerprint density at radius 2 is 1.70 bits per heavy atom. The van der Waals surface area contributed by atoms with Crippen LogP contribution in [0.15, 0.2) is 42.5 Å². The van der Waals surface area contributed by atoms with Gasteiger partial charge in [0.1, 0.15) is 0 Å². The predicted octanol–water partition coefficient (Wildman–Crippen LogP) is 5.16. The van der Waals surface area contributed by atoms with Crippen LogP contribution in [0.1, 0.15) is 35.7 Å². The number of nitrogens with one attached hydrogen (secondary N) is 1. The minimum atomic E-state index is -0.257. The summed E-state index contributed by atoms with van der Waals surface area (Å²) in [6.45, 7) is 2.06. The third-order valence-electron chi connectivity index (χ3n) is 3.47. The Morgan fingerprint density at radius 1 is 1.00 bits per heavy atom. The number of ketones is 1. The SMILES string of the molecule is CCc1ccc(C(=O)CCC(=O)Nc2ccc(Cl)cc2Cl)cc1. The molecule has 5 heteroatoms. The topological polar surface area (TPSA) is 46.2 Å². The first-order valence-corrected chi connectivity index (χ1v) is 8.12. The van der Waals surface area contributed by atoms with Crippen molar-refractivity contribution < 1.29 is 9.59 Å². The Morgan fingerprint density at radius 3 is 2.30 bits per heavy atom. The van der Waals surface area contributed by atoms with Gasteiger partial charge in [0, 0.05) is 23.4 Å². The first-order valence-electron chi connectivity index (χ1n) is 7.36. The van der Waals surface area contributed by atoms with E-state index in [2.05, 4.69) is 12.2 Å². The molecule has 120 valence electrons. The number of aryl methyl sites for hydroxylation is 1. The van der Waals surface area contributed by atoms with E-state index in [-0.39, 0.29) is 24.5 Å². The molecule has 2 rings (SSSR count). The van der Waals surface area contributed by atoms with Crippen LogP contribution < -0.4 is 5.32 Å². The number of Topliss-reactive ketones (excluding diaryl/α,β-unsaturated/α-hetero) is 1. The average molecular weight is 350 g/mol. The molecule has 0 atom stereocenters. The van der Waals surface area contributed by atoms with Crippen LogP contribution in [0, 0.1) is 0 Å². The summed E-state index contributed by atoms with van der Waals surface area (Å²) in [5.41, 5.74) is 2.29. The maximum atomic E-state index is 12.1. The molecule has 0 aliphatic heterocycles. The number of halogens is 2. The van der Waals surface area contributed by atoms with Crippen molar-refractivity contribution in [1.29, 1.82) is 0 Å². The second-order valence-electron chi connectivity index (χ2n) is 5.15. The van der Waals surface area contributed by atoms with Gasteiger partial charge in [0.2, 0.25) is 5.91 Å². The molecule has 0 fully saturated rings. The minimum absolute atomic E-state index is 0.0509. The monoisotopic (exact) mass is 349 g/mol. The van der Waals surface area contributed by atoms with Gasteiger partial charge in [0.25, 0.3) is 0 Å². The highest BCUT2D eigenvalue weighted by atomic mass is 35.5. The zero-order valence-corrected chi connectivity index (χ0v) is 14.2. The summed E-state index contributed by atoms with van der Waals surface area (Å²) < 4.78 is 0. The van der Waals surface area contributed by atoms with Crippen LogP contribution in [0.5, 0.6) is 0 Å². The fourth-order valence-corrected chi connectivity index (χ4v) is 2.56. The lowest BCUT2D eigenvalue weighted by molar-refractivity contribution is -0.116. The van der Waals surface area contributed by atoms with Gasteiger partial charge in [0.15, 0.2) is 5.78 Å². The van der Waals surface area contributed by atoms with E-state index in [0.717, 1.165) is 6.42 Å². The zero-order valence-electron chi connectivity index (χ0n) is 12.7. The first-order chi connectivity index (χ1) is 11.0. The molecular weight excluding hydrogens is 333 g/mol. The standard InChI is InChI=1S/C18H17Cl2NO2/c1-2-12-3-5-13(6-4-12)17(22)9-10-18(23)21-16-8-7-14(19)11-15(16)20/h3-8,11H,2,9-10H2,1H3,(H,21,23). The summed E-state index contributed by atoms with van der Waals surface area (Å²) in [5.74, 6) is -0.308. The molecule has 1 N–H and O–H groups in total. The lowest BCUT2D eigenvalue weighted by Crippen LogP contribution is -2.13. The van der Waals surface area contributed by atoms with Crippen LogP contribution in [-0.2, 0) is 11.2 Å². The molecule has 2 aromatic carbocycles. The van der Waals surface area contributed by atoms with Crippen molar-refractivity contribution in [3.63, 3.8) is 0 Å². The quantitative estimate of drug-likeness (QED) is 0.732. The summed E-state index contributed by atoms with van der Waals surface area (Å²) >= 11 is 11.8. The van der Waals surface area contributed by atoms with E-state index in [4.69, 9.17) is 23.2 Å². The van der Waals surface area contributed by atoms with Gasteiger partial charge in [-0.15, -0.1) is 0 Å². The third-order valence-corrected chi connectivity index (χ3v) is 4.02. The van der Waals surface area contributed by atoms with Gasteiger partial charge in [-0.05, 0) is 30.2 Å². The molecule has 1 amide bonds. The lowest BCUT2D eigenvalue weighted by atomic mass is 10.0. The van der Waals surface area contributed by atoms with Crippen LogP contribution in [0.3, 0.4) is 0 Å². The van der Waals surface area contributed by atoms with E-state index >= 15 is 0 Å². The van der Waals surface area contributed by atoms with Crippen molar-refractivity contribution in [2.45, 2.75) is 26.2 Å². The van der Waals surface area contributed by atoms with E-state index in [1.165, 1.54) is 5.56 Å². The van der Waals surface area contributed by atoms with Crippen molar-refractivity contribution in [3.8, 4) is 0 Å². The Kier molecular flexibility index (Phi) is 6.20. The number of hydrogen-bond acceptors (Lipinski definition) is 2. The summed E-state index contributed by atoms with van der Waals surface area (Å²) in [7, 11) is 0. The van der Waals surface area contributed by atoms with E-state index < -0.39 is 0 Å². The highest BCUT2D eigenvalue weighted by Crippen LogP contribution is 2.25. The Hall–Kier alpha value is -1.84. The number of anilines is 1. The normalized spacial score (nSPS) is 10.4. The summed E-state index contributed by atoms with van der Waals surface area (Å²) in [6.07, 6.45) is 1.19. The molecule has 0 heterocycles. The number of rotatable bonds is 6. The van der Waals surface area contributed by atoms with Crippen molar-refractivity contribution in [1.82, 2.24) is 0 Å². The molecular formula is C18H17Cl2NO2. The summed E-state index contributed by atoms with van der Waals surface area (Å²) in [5, 5.41) is 3.55. The van der Waals surface area contributed by atoms with Crippen LogP contribution in [0.2, 0.25) is 10.0 Å². The molecule has 0 bridgehead atoms. The molecule has 0 aliphatic carbocycles.